The highest BCUT2D eigenvalue weighted by atomic mass is 16.6. The van der Waals surface area contributed by atoms with Gasteiger partial charge in [-0.1, -0.05) is 6.92 Å². The normalized spacial score (nSPS) is 27.1. The number of amides is 1. The van der Waals surface area contributed by atoms with Gasteiger partial charge in [0.05, 0.1) is 6.61 Å². The quantitative estimate of drug-likeness (QED) is 0.900. The van der Waals surface area contributed by atoms with Crippen LogP contribution in [0.15, 0.2) is 18.2 Å². The molecule has 0 bridgehead atoms. The van der Waals surface area contributed by atoms with Crippen molar-refractivity contribution in [3.8, 4) is 5.75 Å². The lowest BCUT2D eigenvalue weighted by Crippen LogP contribution is -2.37. The lowest BCUT2D eigenvalue weighted by molar-refractivity contribution is 0.0920. The highest BCUT2D eigenvalue weighted by Crippen LogP contribution is 2.51. The second-order valence-electron chi connectivity index (χ2n) is 5.60. The van der Waals surface area contributed by atoms with Gasteiger partial charge in [-0.15, -0.1) is 0 Å². The third kappa shape index (κ3) is 1.85. The average molecular weight is 276 g/mol. The number of rotatable bonds is 2. The molecule has 1 aromatic carbocycles. The molecule has 5 nitrogen and oxygen atoms in total. The van der Waals surface area contributed by atoms with E-state index in [4.69, 9.17) is 9.47 Å². The maximum Gasteiger partial charge on any atom is 0.412 e. The van der Waals surface area contributed by atoms with Crippen molar-refractivity contribution in [2.45, 2.75) is 31.9 Å². The van der Waals surface area contributed by atoms with Gasteiger partial charge in [0.15, 0.2) is 0 Å². The summed E-state index contributed by atoms with van der Waals surface area (Å²) in [4.78, 5) is 13.7. The molecule has 0 spiro atoms. The Labute approximate surface area is 118 Å². The van der Waals surface area contributed by atoms with Crippen molar-refractivity contribution in [2.75, 3.05) is 25.1 Å². The maximum atomic E-state index is 11.5. The molecule has 1 saturated heterocycles. The zero-order valence-corrected chi connectivity index (χ0v) is 12.1. The zero-order chi connectivity index (χ0) is 14.3. The molecule has 20 heavy (non-hydrogen) atoms. The molecule has 1 amide bonds. The number of nitrogens with one attached hydrogen (secondary N) is 1. The molecule has 2 heterocycles. The summed E-state index contributed by atoms with van der Waals surface area (Å²) in [5.41, 5.74) is 2.33. The summed E-state index contributed by atoms with van der Waals surface area (Å²) < 4.78 is 11.1. The van der Waals surface area contributed by atoms with Crippen LogP contribution in [0.1, 0.15) is 25.8 Å². The van der Waals surface area contributed by atoms with Gasteiger partial charge in [-0.3, -0.25) is 0 Å². The number of benzene rings is 1. The van der Waals surface area contributed by atoms with Crippen LogP contribution < -0.4 is 15.0 Å². The van der Waals surface area contributed by atoms with Gasteiger partial charge in [-0.2, -0.15) is 0 Å². The molecule has 5 heteroatoms. The molecule has 0 radical (unpaired) electrons. The lowest BCUT2D eigenvalue weighted by atomic mass is 9.82. The van der Waals surface area contributed by atoms with E-state index in [0.717, 1.165) is 18.7 Å². The van der Waals surface area contributed by atoms with Crippen LogP contribution in [0.5, 0.6) is 5.75 Å². The second-order valence-corrected chi connectivity index (χ2v) is 5.60. The van der Waals surface area contributed by atoms with E-state index in [0.29, 0.717) is 12.3 Å². The van der Waals surface area contributed by atoms with Crippen LogP contribution in [0.2, 0.25) is 0 Å². The van der Waals surface area contributed by atoms with Crippen LogP contribution >= 0.6 is 0 Å². The smallest absolute Gasteiger partial charge is 0.410 e. The highest BCUT2D eigenvalue weighted by Gasteiger charge is 2.50. The SMILES string of the molecule is CCNC(=O)Oc1ccc2c(c1)[C@]1(C)CCO[C@@H]1N2C. The summed E-state index contributed by atoms with van der Waals surface area (Å²) in [6, 6.07) is 5.79. The van der Waals surface area contributed by atoms with E-state index in [1.165, 1.54) is 5.56 Å². The summed E-state index contributed by atoms with van der Waals surface area (Å²) in [5, 5.41) is 2.63. The standard InChI is InChI=1S/C15H20N2O3/c1-4-16-14(18)20-10-5-6-12-11(9-10)15(2)7-8-19-13(15)17(12)3/h5-6,9,13H,4,7-8H2,1-3H3,(H,16,18)/t13-,15-/m0/s1. The molecule has 1 fully saturated rings. The molecule has 0 saturated carbocycles. The third-order valence-electron chi connectivity index (χ3n) is 4.29. The molecule has 1 N–H and O–H groups in total. The summed E-state index contributed by atoms with van der Waals surface area (Å²) in [5.74, 6) is 0.580. The van der Waals surface area contributed by atoms with Crippen LogP contribution in [0.4, 0.5) is 10.5 Å². The van der Waals surface area contributed by atoms with Crippen LogP contribution in [0.25, 0.3) is 0 Å². The van der Waals surface area contributed by atoms with Gasteiger partial charge < -0.3 is 19.7 Å². The summed E-state index contributed by atoms with van der Waals surface area (Å²) in [7, 11) is 2.05. The number of ether oxygens (including phenoxy) is 2. The first-order chi connectivity index (χ1) is 9.56. The number of hydrogen-bond donors (Lipinski definition) is 1. The first-order valence-electron chi connectivity index (χ1n) is 7.01. The molecule has 0 aliphatic carbocycles. The number of anilines is 1. The fraction of sp³-hybridized carbons (Fsp3) is 0.533. The topological polar surface area (TPSA) is 50.8 Å². The van der Waals surface area contributed by atoms with Crippen LogP contribution in [-0.2, 0) is 10.2 Å². The molecule has 3 rings (SSSR count). The van der Waals surface area contributed by atoms with E-state index in [1.54, 1.807) is 0 Å². The molecular weight excluding hydrogens is 256 g/mol. The lowest BCUT2D eigenvalue weighted by Gasteiger charge is -2.26. The number of fused-ring (bicyclic) bond motifs is 3. The van der Waals surface area contributed by atoms with Gasteiger partial charge in [-0.25, -0.2) is 4.79 Å². The minimum Gasteiger partial charge on any atom is -0.410 e. The van der Waals surface area contributed by atoms with E-state index in [-0.39, 0.29) is 11.6 Å². The Balaban J connectivity index is 1.92. The Morgan fingerprint density at radius 1 is 1.60 bits per heavy atom. The fourth-order valence-electron chi connectivity index (χ4n) is 3.25. The van der Waals surface area contributed by atoms with E-state index in [2.05, 4.69) is 17.1 Å². The molecule has 2 aliphatic heterocycles. The minimum absolute atomic E-state index is 0.0231. The zero-order valence-electron chi connectivity index (χ0n) is 12.1. The molecule has 2 atom stereocenters. The van der Waals surface area contributed by atoms with E-state index in [1.807, 2.05) is 32.2 Å². The fourth-order valence-corrected chi connectivity index (χ4v) is 3.25. The number of carbonyl (C=O) groups excluding carboxylic acids is 1. The Kier molecular flexibility index (Phi) is 3.09. The highest BCUT2D eigenvalue weighted by molar-refractivity contribution is 5.72. The summed E-state index contributed by atoms with van der Waals surface area (Å²) in [6.45, 7) is 5.40. The van der Waals surface area contributed by atoms with Crippen molar-refractivity contribution < 1.29 is 14.3 Å². The molecule has 0 aromatic heterocycles. The van der Waals surface area contributed by atoms with Gasteiger partial charge in [0.1, 0.15) is 12.0 Å². The van der Waals surface area contributed by atoms with E-state index >= 15 is 0 Å². The maximum absolute atomic E-state index is 11.5. The Hall–Kier alpha value is -1.75. The van der Waals surface area contributed by atoms with Gasteiger partial charge in [0, 0.05) is 24.7 Å². The Morgan fingerprint density at radius 3 is 3.15 bits per heavy atom. The first kappa shape index (κ1) is 13.2. The molecule has 0 unspecified atom stereocenters. The number of nitrogens with zero attached hydrogens (tertiary/aromatic N) is 1. The summed E-state index contributed by atoms with van der Waals surface area (Å²) >= 11 is 0. The van der Waals surface area contributed by atoms with Gasteiger partial charge in [0.25, 0.3) is 0 Å². The van der Waals surface area contributed by atoms with Crippen LogP contribution in [0.3, 0.4) is 0 Å². The van der Waals surface area contributed by atoms with Crippen molar-refractivity contribution in [1.82, 2.24) is 5.32 Å². The number of carbonyl (C=O) groups is 1. The van der Waals surface area contributed by atoms with Gasteiger partial charge in [0.2, 0.25) is 0 Å². The van der Waals surface area contributed by atoms with Gasteiger partial charge >= 0.3 is 6.09 Å². The van der Waals surface area contributed by atoms with Crippen molar-refractivity contribution in [1.29, 1.82) is 0 Å². The monoisotopic (exact) mass is 276 g/mol. The minimum atomic E-state index is -0.414. The predicted molar refractivity (Wildman–Crippen MR) is 76.3 cm³/mol. The van der Waals surface area contributed by atoms with Crippen molar-refractivity contribution in [3.05, 3.63) is 23.8 Å². The molecule has 1 aromatic rings. The second kappa shape index (κ2) is 4.66. The third-order valence-corrected chi connectivity index (χ3v) is 4.29. The average Bonchev–Trinajstić information content (AvgIpc) is 2.88. The predicted octanol–water partition coefficient (Wildman–Crippen LogP) is 2.25. The van der Waals surface area contributed by atoms with Crippen molar-refractivity contribution >= 4 is 11.8 Å². The molecule has 108 valence electrons. The largest absolute Gasteiger partial charge is 0.412 e. The first-order valence-corrected chi connectivity index (χ1v) is 7.01. The van der Waals surface area contributed by atoms with Gasteiger partial charge in [-0.05, 0) is 37.1 Å². The van der Waals surface area contributed by atoms with Crippen LogP contribution in [0, 0.1) is 0 Å². The molecular formula is C15H20N2O3. The summed E-state index contributed by atoms with van der Waals surface area (Å²) in [6.07, 6.45) is 0.653. The number of likely N-dealkylation sites (N-methyl/N-ethyl adjacent to an activating group) is 1. The van der Waals surface area contributed by atoms with Crippen molar-refractivity contribution in [3.63, 3.8) is 0 Å². The Bertz CT molecular complexity index is 546. The number of hydrogen-bond acceptors (Lipinski definition) is 4. The Morgan fingerprint density at radius 2 is 2.40 bits per heavy atom. The van der Waals surface area contributed by atoms with E-state index < -0.39 is 6.09 Å². The van der Waals surface area contributed by atoms with Crippen LogP contribution in [-0.4, -0.2) is 32.5 Å². The molecule has 2 aliphatic rings. The van der Waals surface area contributed by atoms with Crippen molar-refractivity contribution in [2.24, 2.45) is 0 Å². The van der Waals surface area contributed by atoms with E-state index in [9.17, 15) is 4.79 Å².